The highest BCUT2D eigenvalue weighted by Crippen LogP contribution is 2.41. The van der Waals surface area contributed by atoms with Crippen molar-refractivity contribution in [1.82, 2.24) is 4.90 Å². The van der Waals surface area contributed by atoms with Crippen molar-refractivity contribution in [3.8, 4) is 0 Å². The van der Waals surface area contributed by atoms with Gasteiger partial charge in [0.15, 0.2) is 0 Å². The van der Waals surface area contributed by atoms with E-state index in [0.717, 1.165) is 12.0 Å². The number of esters is 1. The number of hydrogen-bond donors (Lipinski definition) is 5. The third-order valence-electron chi connectivity index (χ3n) is 15.4. The summed E-state index contributed by atoms with van der Waals surface area (Å²) in [5, 5.41) is 57.3. The molecule has 3 aliphatic heterocycles. The number of Topliss-reactive ketones (excluding diaryl/α,β-unsaturated/α-hetero) is 1. The van der Waals surface area contributed by atoms with Gasteiger partial charge < -0.3 is 49.4 Å². The molecule has 65 heavy (non-hydrogen) atoms. The molecule has 4 aliphatic rings. The zero-order valence-electron chi connectivity index (χ0n) is 41.4. The Bertz CT molecular complexity index is 1690. The number of fused-ring (bicyclic) bond motifs is 3. The van der Waals surface area contributed by atoms with Crippen LogP contribution in [0.4, 0.5) is 0 Å². The van der Waals surface area contributed by atoms with Crippen LogP contribution < -0.4 is 0 Å². The third-order valence-corrected chi connectivity index (χ3v) is 15.4. The number of aliphatic hydroxyl groups excluding tert-OH is 4. The molecule has 370 valence electrons. The fourth-order valence-electron chi connectivity index (χ4n) is 10.5. The lowest BCUT2D eigenvalue weighted by molar-refractivity contribution is -0.266. The molecule has 4 rings (SSSR count). The predicted molar refractivity (Wildman–Crippen MR) is 250 cm³/mol. The fourth-order valence-corrected chi connectivity index (χ4v) is 10.5. The first-order chi connectivity index (χ1) is 30.5. The lowest BCUT2D eigenvalue weighted by atomic mass is 9.76. The molecule has 0 aromatic carbocycles. The lowest BCUT2D eigenvalue weighted by Gasteiger charge is -2.44. The van der Waals surface area contributed by atoms with Crippen molar-refractivity contribution in [2.45, 2.75) is 200 Å². The number of amides is 1. The average Bonchev–Trinajstić information content (AvgIpc) is 3.26. The molecule has 0 radical (unpaired) electrons. The molecule has 1 amide bonds. The molecular weight excluding hydrogens is 831 g/mol. The number of aliphatic hydroxyl groups is 5. The second-order valence-electron chi connectivity index (χ2n) is 21.1. The fraction of sp³-hybridized carbons (Fsp3) is 0.788. The van der Waals surface area contributed by atoms with Gasteiger partial charge >= 0.3 is 5.97 Å². The van der Waals surface area contributed by atoms with E-state index < -0.39 is 84.1 Å². The van der Waals surface area contributed by atoms with Crippen LogP contribution in [0, 0.1) is 40.9 Å². The Morgan fingerprint density at radius 3 is 2.25 bits per heavy atom. The van der Waals surface area contributed by atoms with Gasteiger partial charge in [0, 0.05) is 39.0 Å². The molecule has 13 heteroatoms. The second-order valence-corrected chi connectivity index (χ2v) is 21.1. The number of ether oxygens (including phenoxy) is 4. The van der Waals surface area contributed by atoms with Crippen molar-refractivity contribution in [3.63, 3.8) is 0 Å². The summed E-state index contributed by atoms with van der Waals surface area (Å²) in [6.07, 6.45) is 11.8. The predicted octanol–water partition coefficient (Wildman–Crippen LogP) is 6.78. The Morgan fingerprint density at radius 2 is 1.57 bits per heavy atom. The zero-order valence-corrected chi connectivity index (χ0v) is 41.4. The second kappa shape index (κ2) is 24.5. The quantitative estimate of drug-likeness (QED) is 0.111. The van der Waals surface area contributed by atoms with Crippen LogP contribution in [0.5, 0.6) is 0 Å². The van der Waals surface area contributed by atoms with E-state index in [9.17, 15) is 39.9 Å². The molecule has 3 unspecified atom stereocenters. The number of rotatable bonds is 5. The molecular formula is C52H85NO12. The lowest BCUT2D eigenvalue weighted by Crippen LogP contribution is -2.61. The van der Waals surface area contributed by atoms with E-state index in [1.165, 1.54) is 12.0 Å². The number of carbonyl (C=O) groups excluding carboxylic acids is 3. The number of methoxy groups -OCH3 is 2. The Labute approximate surface area is 389 Å². The first-order valence-corrected chi connectivity index (χ1v) is 24.5. The zero-order chi connectivity index (χ0) is 48.4. The van der Waals surface area contributed by atoms with E-state index in [1.54, 1.807) is 27.0 Å². The number of hydrogen-bond acceptors (Lipinski definition) is 12. The SMILES string of the molecule is CO[C@@H]1C[C@H](C[C@@H](C)[C@@H]2CC(O)[C@H](C)/C=C(\C)[C@@H](O)[C@@H](OC)C(O)[C@H](C)C[C@H](C)/C=C/C=C/C=C(\C)C(C)(C)C[C@@H]3CC[C@@H](C)[C@@](O)(O3)C(=O)C(=O)N3CCCCC3C(=O)O2)CC[C@H]1O. The number of carbonyl (C=O) groups is 3. The highest BCUT2D eigenvalue weighted by atomic mass is 16.6. The van der Waals surface area contributed by atoms with Gasteiger partial charge in [-0.15, -0.1) is 0 Å². The van der Waals surface area contributed by atoms with Crippen molar-refractivity contribution < 1.29 is 58.9 Å². The highest BCUT2D eigenvalue weighted by molar-refractivity contribution is 6.39. The van der Waals surface area contributed by atoms with Crippen LogP contribution in [0.15, 0.2) is 47.6 Å². The Morgan fingerprint density at radius 1 is 0.862 bits per heavy atom. The van der Waals surface area contributed by atoms with Gasteiger partial charge in [0.2, 0.25) is 5.79 Å². The van der Waals surface area contributed by atoms with Crippen molar-refractivity contribution in [2.24, 2.45) is 40.9 Å². The van der Waals surface area contributed by atoms with E-state index >= 15 is 0 Å². The van der Waals surface area contributed by atoms with Crippen LogP contribution in [-0.4, -0.2) is 130 Å². The number of piperidine rings is 1. The number of nitrogens with zero attached hydrogens (tertiary/aromatic N) is 1. The minimum atomic E-state index is -2.37. The van der Waals surface area contributed by atoms with Gasteiger partial charge in [-0.2, -0.15) is 0 Å². The molecule has 0 aromatic rings. The van der Waals surface area contributed by atoms with Crippen molar-refractivity contribution in [2.75, 3.05) is 20.8 Å². The summed E-state index contributed by atoms with van der Waals surface area (Å²) < 4.78 is 23.9. The molecule has 16 atom stereocenters. The molecule has 2 bridgehead atoms. The summed E-state index contributed by atoms with van der Waals surface area (Å²) in [5.41, 5.74) is 1.20. The molecule has 0 aromatic heterocycles. The van der Waals surface area contributed by atoms with E-state index in [4.69, 9.17) is 18.9 Å². The largest absolute Gasteiger partial charge is 0.460 e. The van der Waals surface area contributed by atoms with Crippen LogP contribution >= 0.6 is 0 Å². The van der Waals surface area contributed by atoms with E-state index in [1.807, 2.05) is 52.0 Å². The normalized spacial score (nSPS) is 42.3. The van der Waals surface area contributed by atoms with Gasteiger partial charge in [0.25, 0.3) is 11.7 Å². The summed E-state index contributed by atoms with van der Waals surface area (Å²) in [6.45, 7) is 17.6. The van der Waals surface area contributed by atoms with Gasteiger partial charge in [-0.05, 0) is 119 Å². The standard InChI is InChI=1S/C52H85NO12/c1-31-17-13-12-14-18-36(6)51(8,9)30-39-22-20-37(7)52(61,65-39)48(58)49(59)53-24-16-15-19-40(53)50(60)64-43(33(3)27-38-21-23-41(54)44(28-38)62-10)29-42(55)32(2)26-35(5)46(57)47(63-11)45(56)34(4)25-31/h12-14,17-18,26,31-34,37-47,54-57,61H,15-16,19-25,27-30H2,1-11H3/b14-12+,17-13+,35-26+,36-18+/t31-,32-,33-,34-,37-,38+,39+,40?,41-,42?,43+,44-,45?,46-,47+,52-/m1/s1. The van der Waals surface area contributed by atoms with Crippen molar-refractivity contribution in [1.29, 1.82) is 0 Å². The average molecular weight is 916 g/mol. The molecule has 1 saturated carbocycles. The smallest absolute Gasteiger partial charge is 0.329 e. The summed E-state index contributed by atoms with van der Waals surface area (Å²) in [5.74, 6) is -6.50. The van der Waals surface area contributed by atoms with Crippen LogP contribution in [-0.2, 0) is 33.3 Å². The van der Waals surface area contributed by atoms with Gasteiger partial charge in [-0.1, -0.05) is 90.5 Å². The van der Waals surface area contributed by atoms with Crippen LogP contribution in [0.1, 0.15) is 139 Å². The highest BCUT2D eigenvalue weighted by Gasteiger charge is 2.53. The number of cyclic esters (lactones) is 1. The van der Waals surface area contributed by atoms with Crippen LogP contribution in [0.3, 0.4) is 0 Å². The maximum Gasteiger partial charge on any atom is 0.329 e. The minimum absolute atomic E-state index is 0.0437. The van der Waals surface area contributed by atoms with Crippen molar-refractivity contribution >= 4 is 17.7 Å². The van der Waals surface area contributed by atoms with E-state index in [0.29, 0.717) is 63.4 Å². The number of allylic oxidation sites excluding steroid dienone is 6. The summed E-state index contributed by atoms with van der Waals surface area (Å²) in [4.78, 5) is 44.2. The van der Waals surface area contributed by atoms with E-state index in [2.05, 4.69) is 26.8 Å². The molecule has 2 saturated heterocycles. The van der Waals surface area contributed by atoms with E-state index in [-0.39, 0.29) is 54.6 Å². The van der Waals surface area contributed by atoms with Crippen LogP contribution in [0.2, 0.25) is 0 Å². The van der Waals surface area contributed by atoms with Crippen LogP contribution in [0.25, 0.3) is 0 Å². The molecule has 3 heterocycles. The minimum Gasteiger partial charge on any atom is -0.460 e. The van der Waals surface area contributed by atoms with Gasteiger partial charge in [0.05, 0.1) is 30.5 Å². The topological polar surface area (TPSA) is 193 Å². The summed E-state index contributed by atoms with van der Waals surface area (Å²) in [6, 6.07) is -1.09. The molecule has 0 spiro atoms. The Balaban J connectivity index is 1.70. The molecule has 1 aliphatic carbocycles. The first kappa shape index (κ1) is 54.9. The third kappa shape index (κ3) is 14.4. The number of ketones is 1. The summed E-state index contributed by atoms with van der Waals surface area (Å²) in [7, 11) is 3.05. The Kier molecular flexibility index (Phi) is 20.7. The van der Waals surface area contributed by atoms with Gasteiger partial charge in [-0.3, -0.25) is 9.59 Å². The molecule has 13 nitrogen and oxygen atoms in total. The maximum atomic E-state index is 14.4. The Hall–Kier alpha value is -2.75. The molecule has 3 fully saturated rings. The van der Waals surface area contributed by atoms with Gasteiger partial charge in [-0.25, -0.2) is 4.79 Å². The molecule has 5 N–H and O–H groups in total. The van der Waals surface area contributed by atoms with Gasteiger partial charge in [0.1, 0.15) is 24.4 Å². The van der Waals surface area contributed by atoms with Crippen molar-refractivity contribution in [3.05, 3.63) is 47.6 Å². The summed E-state index contributed by atoms with van der Waals surface area (Å²) >= 11 is 0. The first-order valence-electron chi connectivity index (χ1n) is 24.5. The monoisotopic (exact) mass is 916 g/mol. The maximum absolute atomic E-state index is 14.4.